The van der Waals surface area contributed by atoms with Gasteiger partial charge in [-0.05, 0) is 49.8 Å². The number of amides is 1. The molecule has 28 heavy (non-hydrogen) atoms. The zero-order valence-corrected chi connectivity index (χ0v) is 16.6. The normalized spacial score (nSPS) is 20.0. The van der Waals surface area contributed by atoms with E-state index >= 15 is 0 Å². The van der Waals surface area contributed by atoms with Crippen LogP contribution in [0.3, 0.4) is 0 Å². The molecule has 5 heteroatoms. The summed E-state index contributed by atoms with van der Waals surface area (Å²) >= 11 is 0. The number of carbonyl (C=O) groups is 1. The molecule has 0 bridgehead atoms. The molecule has 5 nitrogen and oxygen atoms in total. The molecule has 1 atom stereocenters. The number of benzene rings is 2. The van der Waals surface area contributed by atoms with Gasteiger partial charge in [-0.2, -0.15) is 0 Å². The van der Waals surface area contributed by atoms with E-state index in [4.69, 9.17) is 0 Å². The van der Waals surface area contributed by atoms with Crippen LogP contribution in [-0.4, -0.2) is 43.0 Å². The van der Waals surface area contributed by atoms with Crippen LogP contribution in [0.2, 0.25) is 0 Å². The van der Waals surface area contributed by atoms with Gasteiger partial charge in [0.25, 0.3) is 5.91 Å². The van der Waals surface area contributed by atoms with Crippen LogP contribution >= 0.6 is 0 Å². The summed E-state index contributed by atoms with van der Waals surface area (Å²) in [6.07, 6.45) is 3.02. The van der Waals surface area contributed by atoms with Gasteiger partial charge in [0.15, 0.2) is 0 Å². The van der Waals surface area contributed by atoms with E-state index in [0.717, 1.165) is 43.1 Å². The summed E-state index contributed by atoms with van der Waals surface area (Å²) in [5.41, 5.74) is 4.72. The number of anilines is 3. The number of hydrogen-bond acceptors (Lipinski definition) is 4. The first-order valence-corrected chi connectivity index (χ1v) is 10.2. The van der Waals surface area contributed by atoms with Crippen LogP contribution in [0.5, 0.6) is 0 Å². The summed E-state index contributed by atoms with van der Waals surface area (Å²) in [5, 5.41) is 6.17. The predicted molar refractivity (Wildman–Crippen MR) is 117 cm³/mol. The van der Waals surface area contributed by atoms with E-state index in [1.165, 1.54) is 12.1 Å². The highest BCUT2D eigenvalue weighted by Gasteiger charge is 2.26. The van der Waals surface area contributed by atoms with E-state index in [9.17, 15) is 4.79 Å². The lowest BCUT2D eigenvalue weighted by atomic mass is 10.1. The number of nitrogens with one attached hydrogen (secondary N) is 2. The summed E-state index contributed by atoms with van der Waals surface area (Å²) in [6.45, 7) is 8.91. The van der Waals surface area contributed by atoms with Crippen molar-refractivity contribution in [2.24, 2.45) is 0 Å². The van der Waals surface area contributed by atoms with Gasteiger partial charge in [0.05, 0.1) is 5.57 Å². The summed E-state index contributed by atoms with van der Waals surface area (Å²) < 4.78 is 0. The van der Waals surface area contributed by atoms with E-state index in [2.05, 4.69) is 58.5 Å². The van der Waals surface area contributed by atoms with Crippen molar-refractivity contribution in [3.8, 4) is 0 Å². The maximum atomic E-state index is 12.2. The molecule has 2 N–H and O–H groups in total. The van der Waals surface area contributed by atoms with Gasteiger partial charge in [0.2, 0.25) is 0 Å². The summed E-state index contributed by atoms with van der Waals surface area (Å²) in [4.78, 5) is 17.2. The third kappa shape index (κ3) is 3.62. The van der Waals surface area contributed by atoms with Crippen molar-refractivity contribution in [1.82, 2.24) is 4.90 Å². The second kappa shape index (κ2) is 8.07. The number of rotatable bonds is 6. The smallest absolute Gasteiger partial charge is 0.257 e. The third-order valence-electron chi connectivity index (χ3n) is 5.82. The minimum atomic E-state index is -0.0650. The summed E-state index contributed by atoms with van der Waals surface area (Å²) in [7, 11) is 0. The molecule has 0 saturated carbocycles. The Morgan fingerprint density at radius 3 is 2.64 bits per heavy atom. The fourth-order valence-corrected chi connectivity index (χ4v) is 4.22. The predicted octanol–water partition coefficient (Wildman–Crippen LogP) is 4.01. The molecule has 146 valence electrons. The van der Waals surface area contributed by atoms with Gasteiger partial charge >= 0.3 is 0 Å². The van der Waals surface area contributed by atoms with Gasteiger partial charge in [-0.3, -0.25) is 9.69 Å². The van der Waals surface area contributed by atoms with E-state index < -0.39 is 0 Å². The highest BCUT2D eigenvalue weighted by molar-refractivity contribution is 6.31. The molecule has 0 spiro atoms. The molecular weight excluding hydrogens is 348 g/mol. The molecule has 2 aromatic rings. The molecule has 2 aliphatic heterocycles. The van der Waals surface area contributed by atoms with Gasteiger partial charge in [-0.15, -0.1) is 0 Å². The first-order chi connectivity index (χ1) is 13.7. The standard InChI is InChI=1S/C23H28N4O/c1-3-26(4-2)19-13-14-27(16-19)18-11-9-17(10-12-18)24-15-21-20-7-5-6-8-22(20)25-23(21)28/h5-12,15,19,24H,3-4,13-14,16H2,1-2H3,(H,25,28)/b21-15-. The van der Waals surface area contributed by atoms with Crippen LogP contribution in [0, 0.1) is 0 Å². The van der Waals surface area contributed by atoms with Gasteiger partial charge in [-0.1, -0.05) is 32.0 Å². The Bertz CT molecular complexity index is 870. The Kier molecular flexibility index (Phi) is 5.35. The third-order valence-corrected chi connectivity index (χ3v) is 5.82. The highest BCUT2D eigenvalue weighted by Crippen LogP contribution is 2.31. The van der Waals surface area contributed by atoms with Crippen LogP contribution in [0.4, 0.5) is 17.1 Å². The quantitative estimate of drug-likeness (QED) is 0.748. The Labute approximate surface area is 167 Å². The largest absolute Gasteiger partial charge is 0.370 e. The van der Waals surface area contributed by atoms with Gasteiger partial charge < -0.3 is 15.5 Å². The topological polar surface area (TPSA) is 47.6 Å². The van der Waals surface area contributed by atoms with Gasteiger partial charge in [-0.25, -0.2) is 0 Å². The maximum absolute atomic E-state index is 12.2. The van der Waals surface area contributed by atoms with Crippen molar-refractivity contribution >= 4 is 28.5 Å². The van der Waals surface area contributed by atoms with Crippen molar-refractivity contribution in [3.63, 3.8) is 0 Å². The summed E-state index contributed by atoms with van der Waals surface area (Å²) in [5.74, 6) is -0.0650. The molecule has 1 fully saturated rings. The molecule has 0 aliphatic carbocycles. The molecule has 2 heterocycles. The Balaban J connectivity index is 1.41. The summed E-state index contributed by atoms with van der Waals surface area (Å²) in [6, 6.07) is 16.9. The first kappa shape index (κ1) is 18.6. The number of carbonyl (C=O) groups excluding carboxylic acids is 1. The van der Waals surface area contributed by atoms with Crippen LogP contribution in [0.25, 0.3) is 5.57 Å². The molecule has 1 amide bonds. The fraction of sp³-hybridized carbons (Fsp3) is 0.348. The minimum absolute atomic E-state index is 0.0650. The van der Waals surface area contributed by atoms with Crippen molar-refractivity contribution in [3.05, 3.63) is 60.3 Å². The first-order valence-electron chi connectivity index (χ1n) is 10.2. The Morgan fingerprint density at radius 2 is 1.89 bits per heavy atom. The van der Waals surface area contributed by atoms with Gasteiger partial charge in [0.1, 0.15) is 0 Å². The van der Waals surface area contributed by atoms with Crippen LogP contribution in [0.15, 0.2) is 54.7 Å². The molecule has 4 rings (SSSR count). The lowest BCUT2D eigenvalue weighted by Crippen LogP contribution is -2.37. The minimum Gasteiger partial charge on any atom is -0.370 e. The average Bonchev–Trinajstić information content (AvgIpc) is 3.32. The molecule has 0 aromatic heterocycles. The lowest BCUT2D eigenvalue weighted by molar-refractivity contribution is -0.110. The van der Waals surface area contributed by atoms with Crippen molar-refractivity contribution in [2.75, 3.05) is 41.7 Å². The molecular formula is C23H28N4O. The monoisotopic (exact) mass is 376 g/mol. The number of nitrogens with zero attached hydrogens (tertiary/aromatic N) is 2. The Morgan fingerprint density at radius 1 is 1.14 bits per heavy atom. The molecule has 2 aliphatic rings. The van der Waals surface area contributed by atoms with Gasteiger partial charge in [0, 0.05) is 48.0 Å². The van der Waals surface area contributed by atoms with Crippen molar-refractivity contribution in [1.29, 1.82) is 0 Å². The zero-order chi connectivity index (χ0) is 19.5. The lowest BCUT2D eigenvalue weighted by Gasteiger charge is -2.26. The number of hydrogen-bond donors (Lipinski definition) is 2. The molecule has 1 unspecified atom stereocenters. The van der Waals surface area contributed by atoms with Crippen molar-refractivity contribution < 1.29 is 4.79 Å². The second-order valence-corrected chi connectivity index (χ2v) is 7.36. The average molecular weight is 377 g/mol. The zero-order valence-electron chi connectivity index (χ0n) is 16.6. The fourth-order valence-electron chi connectivity index (χ4n) is 4.22. The SMILES string of the molecule is CCN(CC)C1CCN(c2ccc(N/C=C3\C(=O)Nc4ccccc43)cc2)C1. The van der Waals surface area contributed by atoms with Crippen LogP contribution in [-0.2, 0) is 4.79 Å². The van der Waals surface area contributed by atoms with E-state index in [0.29, 0.717) is 11.6 Å². The maximum Gasteiger partial charge on any atom is 0.257 e. The van der Waals surface area contributed by atoms with Crippen molar-refractivity contribution in [2.45, 2.75) is 26.3 Å². The Hall–Kier alpha value is -2.79. The number of fused-ring (bicyclic) bond motifs is 1. The van der Waals surface area contributed by atoms with Crippen LogP contribution in [0.1, 0.15) is 25.8 Å². The van der Waals surface area contributed by atoms with E-state index in [-0.39, 0.29) is 5.91 Å². The van der Waals surface area contributed by atoms with Crippen LogP contribution < -0.4 is 15.5 Å². The molecule has 1 saturated heterocycles. The second-order valence-electron chi connectivity index (χ2n) is 7.36. The number of likely N-dealkylation sites (N-methyl/N-ethyl adjacent to an activating group) is 1. The highest BCUT2D eigenvalue weighted by atomic mass is 16.2. The molecule has 0 radical (unpaired) electrons. The molecule has 2 aromatic carbocycles. The number of para-hydroxylation sites is 1. The van der Waals surface area contributed by atoms with E-state index in [1.807, 2.05) is 24.3 Å². The van der Waals surface area contributed by atoms with E-state index in [1.54, 1.807) is 6.20 Å².